The number of aromatic amines is 1. The number of carboxylic acid groups (broad SMARTS) is 1. The summed E-state index contributed by atoms with van der Waals surface area (Å²) in [5.74, 6) is -4.49. The van der Waals surface area contributed by atoms with Crippen LogP contribution in [-0.2, 0) is 19.8 Å². The van der Waals surface area contributed by atoms with Crippen LogP contribution >= 0.6 is 0 Å². The molecule has 0 aliphatic carbocycles. The fourth-order valence-corrected chi connectivity index (χ4v) is 2.81. The van der Waals surface area contributed by atoms with Crippen molar-refractivity contribution in [1.82, 2.24) is 24.4 Å². The molecule has 1 fully saturated rings. The highest BCUT2D eigenvalue weighted by Gasteiger charge is 2.40. The minimum atomic E-state index is -4.84. The molecular weight excluding hydrogens is 404 g/mol. The van der Waals surface area contributed by atoms with Gasteiger partial charge in [0, 0.05) is 12.3 Å². The van der Waals surface area contributed by atoms with E-state index < -0.39 is 63.5 Å². The lowest BCUT2D eigenvalue weighted by atomic mass is 10.1. The molecule has 4 amide bonds. The number of carbonyl (C=O) groups is 4. The molecule has 1 aliphatic heterocycles. The Morgan fingerprint density at radius 3 is 2.50 bits per heavy atom. The van der Waals surface area contributed by atoms with Gasteiger partial charge in [0.2, 0.25) is 11.3 Å². The molecule has 0 aromatic carbocycles. The Bertz CT molecular complexity index is 1000. The maximum atomic E-state index is 12.3. The second-order valence-electron chi connectivity index (χ2n) is 5.44. The average molecular weight is 418 g/mol. The van der Waals surface area contributed by atoms with E-state index in [4.69, 9.17) is 15.9 Å². The Morgan fingerprint density at radius 1 is 1.36 bits per heavy atom. The standard InChI is InChI=1S/C12H14N6O9S/c13-5-3-17(10(5)23)12(25)15-28(26,27)16-18(4-9(21)22)11(24)6-1-7(19)8(20)2-14-6/h1-2,5,16,20H,3-4,13H2,(H,14,19)(H,15,25)(H,21,22)/t5-/m0/s1. The normalized spacial score (nSPS) is 16.2. The molecule has 2 heterocycles. The Labute approximate surface area is 155 Å². The lowest BCUT2D eigenvalue weighted by Crippen LogP contribution is -2.66. The Balaban J connectivity index is 2.18. The van der Waals surface area contributed by atoms with E-state index in [1.807, 2.05) is 0 Å². The van der Waals surface area contributed by atoms with Crippen molar-refractivity contribution in [3.63, 3.8) is 0 Å². The number of rotatable bonds is 6. The minimum Gasteiger partial charge on any atom is -0.503 e. The first-order valence-electron chi connectivity index (χ1n) is 7.27. The molecule has 1 aromatic rings. The third-order valence-corrected chi connectivity index (χ3v) is 4.22. The summed E-state index contributed by atoms with van der Waals surface area (Å²) in [4.78, 5) is 61.9. The second-order valence-corrected chi connectivity index (χ2v) is 6.83. The largest absolute Gasteiger partial charge is 0.503 e. The van der Waals surface area contributed by atoms with Crippen molar-refractivity contribution in [3.05, 3.63) is 28.2 Å². The van der Waals surface area contributed by atoms with Crippen LogP contribution in [0.2, 0.25) is 0 Å². The van der Waals surface area contributed by atoms with Crippen LogP contribution in [0.3, 0.4) is 0 Å². The number of imide groups is 1. The third kappa shape index (κ3) is 4.61. The van der Waals surface area contributed by atoms with E-state index in [0.29, 0.717) is 11.0 Å². The lowest BCUT2D eigenvalue weighted by molar-refractivity contribution is -0.138. The molecule has 1 saturated heterocycles. The minimum absolute atomic E-state index is 0.0733. The first-order valence-corrected chi connectivity index (χ1v) is 8.76. The molecule has 28 heavy (non-hydrogen) atoms. The summed E-state index contributed by atoms with van der Waals surface area (Å²) >= 11 is 0. The maximum absolute atomic E-state index is 12.3. The van der Waals surface area contributed by atoms with Crippen molar-refractivity contribution in [2.75, 3.05) is 13.1 Å². The monoisotopic (exact) mass is 418 g/mol. The quantitative estimate of drug-likeness (QED) is 0.195. The molecule has 1 aromatic heterocycles. The first-order chi connectivity index (χ1) is 12.9. The Hall–Kier alpha value is -3.50. The van der Waals surface area contributed by atoms with Crippen LogP contribution in [0.5, 0.6) is 5.75 Å². The van der Waals surface area contributed by atoms with Crippen LogP contribution in [0.4, 0.5) is 4.79 Å². The van der Waals surface area contributed by atoms with Gasteiger partial charge in [-0.3, -0.25) is 24.1 Å². The highest BCUT2D eigenvalue weighted by Crippen LogP contribution is 2.08. The van der Waals surface area contributed by atoms with Crippen LogP contribution in [0.15, 0.2) is 17.1 Å². The zero-order valence-corrected chi connectivity index (χ0v) is 14.6. The molecule has 152 valence electrons. The van der Waals surface area contributed by atoms with Gasteiger partial charge in [-0.1, -0.05) is 0 Å². The van der Waals surface area contributed by atoms with Crippen molar-refractivity contribution in [2.24, 2.45) is 5.73 Å². The number of pyridine rings is 1. The number of amides is 4. The molecule has 0 unspecified atom stereocenters. The number of H-pyrrole nitrogens is 1. The van der Waals surface area contributed by atoms with Crippen LogP contribution in [0.1, 0.15) is 10.5 Å². The van der Waals surface area contributed by atoms with Gasteiger partial charge in [-0.2, -0.15) is 8.42 Å². The summed E-state index contributed by atoms with van der Waals surface area (Å²) in [7, 11) is -4.84. The number of β-lactam (4-membered cyclic amide) rings is 1. The van der Waals surface area contributed by atoms with E-state index in [1.165, 1.54) is 9.55 Å². The van der Waals surface area contributed by atoms with E-state index in [2.05, 4.69) is 4.98 Å². The van der Waals surface area contributed by atoms with Gasteiger partial charge in [-0.15, -0.1) is 4.83 Å². The predicted octanol–water partition coefficient (Wildman–Crippen LogP) is -3.76. The first kappa shape index (κ1) is 20.8. The van der Waals surface area contributed by atoms with E-state index >= 15 is 0 Å². The predicted molar refractivity (Wildman–Crippen MR) is 87.7 cm³/mol. The zero-order chi connectivity index (χ0) is 21.2. The molecule has 2 rings (SSSR count). The van der Waals surface area contributed by atoms with E-state index in [9.17, 15) is 32.4 Å². The van der Waals surface area contributed by atoms with Crippen LogP contribution in [0, 0.1) is 0 Å². The van der Waals surface area contributed by atoms with Crippen LogP contribution in [0.25, 0.3) is 0 Å². The third-order valence-electron chi connectivity index (χ3n) is 3.32. The number of carbonyl (C=O) groups excluding carboxylic acids is 3. The molecule has 0 saturated carbocycles. The van der Waals surface area contributed by atoms with Crippen molar-refractivity contribution in [3.8, 4) is 5.75 Å². The van der Waals surface area contributed by atoms with Gasteiger partial charge in [-0.25, -0.2) is 14.5 Å². The summed E-state index contributed by atoms with van der Waals surface area (Å²) in [6.07, 6.45) is 0.740. The van der Waals surface area contributed by atoms with Crippen molar-refractivity contribution in [1.29, 1.82) is 0 Å². The molecule has 0 radical (unpaired) electrons. The smallest absolute Gasteiger partial charge is 0.338 e. The SMILES string of the molecule is N[C@H]1CN(C(=O)NS(=O)(=O)NN(CC(=O)O)C(=O)c2cc(=O)c(O)c[nH]2)C1=O. The van der Waals surface area contributed by atoms with Gasteiger partial charge in [0.15, 0.2) is 5.75 Å². The molecule has 16 heteroatoms. The van der Waals surface area contributed by atoms with Gasteiger partial charge >= 0.3 is 22.2 Å². The number of nitrogens with one attached hydrogen (secondary N) is 3. The lowest BCUT2D eigenvalue weighted by Gasteiger charge is -2.33. The fraction of sp³-hybridized carbons (Fsp3) is 0.250. The number of aromatic hydroxyl groups is 1. The number of aliphatic carboxylic acids is 1. The average Bonchev–Trinajstić information content (AvgIpc) is 2.59. The molecular formula is C12H14N6O9S. The molecule has 0 bridgehead atoms. The Morgan fingerprint density at radius 2 is 2.00 bits per heavy atom. The van der Waals surface area contributed by atoms with Crippen molar-refractivity contribution < 1.29 is 37.8 Å². The van der Waals surface area contributed by atoms with Gasteiger partial charge in [0.05, 0.1) is 6.54 Å². The molecule has 15 nitrogen and oxygen atoms in total. The highest BCUT2D eigenvalue weighted by molar-refractivity contribution is 7.88. The number of urea groups is 1. The van der Waals surface area contributed by atoms with Crippen LogP contribution in [-0.4, -0.2) is 76.5 Å². The van der Waals surface area contributed by atoms with E-state index in [-0.39, 0.29) is 11.6 Å². The van der Waals surface area contributed by atoms with Gasteiger partial charge < -0.3 is 20.9 Å². The van der Waals surface area contributed by atoms with Crippen LogP contribution < -0.4 is 20.7 Å². The molecule has 7 N–H and O–H groups in total. The summed E-state index contributed by atoms with van der Waals surface area (Å²) in [5.41, 5.74) is 3.74. The summed E-state index contributed by atoms with van der Waals surface area (Å²) in [5, 5.41) is 18.1. The maximum Gasteiger partial charge on any atom is 0.338 e. The van der Waals surface area contributed by atoms with Gasteiger partial charge in [-0.05, 0) is 0 Å². The topological polar surface area (TPSA) is 232 Å². The number of aromatic nitrogens is 1. The number of nitrogens with zero attached hydrogens (tertiary/aromatic N) is 2. The number of hydrogen-bond donors (Lipinski definition) is 6. The summed E-state index contributed by atoms with van der Waals surface area (Å²) in [6, 6.07) is -1.70. The fourth-order valence-electron chi connectivity index (χ4n) is 1.99. The number of hydrogen-bond acceptors (Lipinski definition) is 9. The summed E-state index contributed by atoms with van der Waals surface area (Å²) < 4.78 is 25.4. The number of nitrogens with two attached hydrogens (primary N) is 1. The molecule has 1 atom stereocenters. The van der Waals surface area contributed by atoms with E-state index in [1.54, 1.807) is 0 Å². The van der Waals surface area contributed by atoms with Crippen molar-refractivity contribution >= 4 is 34.0 Å². The van der Waals surface area contributed by atoms with Gasteiger partial charge in [0.1, 0.15) is 18.3 Å². The molecule has 1 aliphatic rings. The molecule has 0 spiro atoms. The summed E-state index contributed by atoms with van der Waals surface area (Å²) in [6.45, 7) is -1.42. The number of carboxylic acids is 1. The number of likely N-dealkylation sites (tertiary alicyclic amines) is 1. The second kappa shape index (κ2) is 7.62. The van der Waals surface area contributed by atoms with Crippen molar-refractivity contribution in [2.45, 2.75) is 6.04 Å². The Kier molecular flexibility index (Phi) is 5.67. The van der Waals surface area contributed by atoms with E-state index in [0.717, 1.165) is 6.20 Å². The highest BCUT2D eigenvalue weighted by atomic mass is 32.2. The van der Waals surface area contributed by atoms with Gasteiger partial charge in [0.25, 0.3) is 5.91 Å². The number of hydrazine groups is 1. The zero-order valence-electron chi connectivity index (χ0n) is 13.8.